The molecule has 2 heterocycles. The van der Waals surface area contributed by atoms with E-state index in [0.717, 1.165) is 23.5 Å². The number of esters is 1. The van der Waals surface area contributed by atoms with E-state index in [1.807, 2.05) is 18.2 Å². The van der Waals surface area contributed by atoms with E-state index < -0.39 is 0 Å². The fraction of sp³-hybridized carbons (Fsp3) is 0.609. The van der Waals surface area contributed by atoms with Gasteiger partial charge in [-0.15, -0.1) is 0 Å². The average Bonchev–Trinajstić information content (AvgIpc) is 3.24. The zero-order valence-electron chi connectivity index (χ0n) is 16.7. The van der Waals surface area contributed by atoms with Gasteiger partial charge in [-0.25, -0.2) is 0 Å². The first kappa shape index (κ1) is 18.0. The van der Waals surface area contributed by atoms with E-state index >= 15 is 0 Å². The molecule has 150 valence electrons. The molecule has 2 aliphatic carbocycles. The fourth-order valence-corrected chi connectivity index (χ4v) is 5.70. The number of carbonyl (C=O) groups excluding carboxylic acids is 1. The highest BCUT2D eigenvalue weighted by Crippen LogP contribution is 2.53. The van der Waals surface area contributed by atoms with Gasteiger partial charge in [-0.2, -0.15) is 0 Å². The van der Waals surface area contributed by atoms with Crippen molar-refractivity contribution in [1.29, 1.82) is 0 Å². The fourth-order valence-electron chi connectivity index (χ4n) is 5.70. The summed E-state index contributed by atoms with van der Waals surface area (Å²) in [5.74, 6) is 2.29. The number of allylic oxidation sites excluding steroid dienone is 1. The molecule has 2 aliphatic heterocycles. The maximum Gasteiger partial charge on any atom is 0.311 e. The van der Waals surface area contributed by atoms with Crippen LogP contribution >= 0.6 is 0 Å². The molecule has 28 heavy (non-hydrogen) atoms. The predicted molar refractivity (Wildman–Crippen MR) is 105 cm³/mol. The second-order valence-corrected chi connectivity index (χ2v) is 9.16. The van der Waals surface area contributed by atoms with E-state index in [-0.39, 0.29) is 36.1 Å². The lowest BCUT2D eigenvalue weighted by Crippen LogP contribution is -2.40. The Bertz CT molecular complexity index is 819. The summed E-state index contributed by atoms with van der Waals surface area (Å²) in [5.41, 5.74) is 2.91. The monoisotopic (exact) mass is 383 g/mol. The van der Waals surface area contributed by atoms with Crippen LogP contribution in [0.3, 0.4) is 0 Å². The SMILES string of the molecule is C[C@H]1CCC[C@]2(C)C[C@H]3OC(=O)[C@@H](CNCc4ccc5c(c4)OCO5)[C@H]3C=C12. The van der Waals surface area contributed by atoms with Crippen molar-refractivity contribution in [2.24, 2.45) is 23.2 Å². The van der Waals surface area contributed by atoms with Crippen molar-refractivity contribution in [1.82, 2.24) is 5.32 Å². The lowest BCUT2D eigenvalue weighted by atomic mass is 9.59. The van der Waals surface area contributed by atoms with Crippen LogP contribution in [-0.2, 0) is 16.1 Å². The molecule has 0 bridgehead atoms. The van der Waals surface area contributed by atoms with Gasteiger partial charge in [-0.3, -0.25) is 4.79 Å². The number of hydrogen-bond acceptors (Lipinski definition) is 5. The van der Waals surface area contributed by atoms with Crippen LogP contribution in [0.2, 0.25) is 0 Å². The van der Waals surface area contributed by atoms with Crippen LogP contribution in [0, 0.1) is 23.2 Å². The van der Waals surface area contributed by atoms with Crippen LogP contribution in [0.5, 0.6) is 11.5 Å². The van der Waals surface area contributed by atoms with Gasteiger partial charge in [-0.1, -0.05) is 38.0 Å². The summed E-state index contributed by atoms with van der Waals surface area (Å²) in [6, 6.07) is 5.98. The lowest BCUT2D eigenvalue weighted by Gasteiger charge is -2.46. The normalized spacial score (nSPS) is 35.8. The molecule has 2 fully saturated rings. The molecule has 0 spiro atoms. The van der Waals surface area contributed by atoms with E-state index in [0.29, 0.717) is 19.0 Å². The topological polar surface area (TPSA) is 56.8 Å². The van der Waals surface area contributed by atoms with Crippen LogP contribution in [0.15, 0.2) is 29.8 Å². The molecule has 1 aromatic rings. The molecule has 4 aliphatic rings. The van der Waals surface area contributed by atoms with E-state index in [2.05, 4.69) is 25.2 Å². The Morgan fingerprint density at radius 2 is 2.11 bits per heavy atom. The Kier molecular flexibility index (Phi) is 4.38. The summed E-state index contributed by atoms with van der Waals surface area (Å²) in [7, 11) is 0. The highest BCUT2D eigenvalue weighted by Gasteiger charge is 2.51. The smallest absolute Gasteiger partial charge is 0.311 e. The van der Waals surface area contributed by atoms with Gasteiger partial charge in [0.2, 0.25) is 6.79 Å². The minimum Gasteiger partial charge on any atom is -0.461 e. The lowest BCUT2D eigenvalue weighted by molar-refractivity contribution is -0.145. The van der Waals surface area contributed by atoms with Crippen molar-refractivity contribution in [3.05, 3.63) is 35.4 Å². The van der Waals surface area contributed by atoms with Gasteiger partial charge in [0.05, 0.1) is 5.92 Å². The average molecular weight is 383 g/mol. The highest BCUT2D eigenvalue weighted by molar-refractivity contribution is 5.76. The van der Waals surface area contributed by atoms with Crippen LogP contribution < -0.4 is 14.8 Å². The van der Waals surface area contributed by atoms with Crippen molar-refractivity contribution in [3.63, 3.8) is 0 Å². The Morgan fingerprint density at radius 3 is 3.00 bits per heavy atom. The molecule has 5 nitrogen and oxygen atoms in total. The molecular weight excluding hydrogens is 354 g/mol. The molecule has 1 aromatic carbocycles. The number of benzene rings is 1. The minimum atomic E-state index is -0.0924. The maximum absolute atomic E-state index is 12.6. The van der Waals surface area contributed by atoms with Crippen molar-refractivity contribution >= 4 is 5.97 Å². The molecule has 0 radical (unpaired) electrons. The molecule has 1 saturated heterocycles. The molecule has 1 saturated carbocycles. The van der Waals surface area contributed by atoms with Gasteiger partial charge >= 0.3 is 5.97 Å². The number of carbonyl (C=O) groups is 1. The van der Waals surface area contributed by atoms with Gasteiger partial charge in [0, 0.05) is 19.0 Å². The zero-order chi connectivity index (χ0) is 19.3. The quantitative estimate of drug-likeness (QED) is 0.633. The predicted octanol–water partition coefficient (Wildman–Crippen LogP) is 3.82. The Labute approximate surface area is 166 Å². The third-order valence-corrected chi connectivity index (χ3v) is 7.21. The first-order valence-electron chi connectivity index (χ1n) is 10.6. The molecule has 0 amide bonds. The summed E-state index contributed by atoms with van der Waals surface area (Å²) in [6.45, 7) is 6.33. The second-order valence-electron chi connectivity index (χ2n) is 9.16. The first-order chi connectivity index (χ1) is 13.5. The molecule has 1 N–H and O–H groups in total. The van der Waals surface area contributed by atoms with Crippen molar-refractivity contribution in [2.45, 2.75) is 52.2 Å². The van der Waals surface area contributed by atoms with Crippen molar-refractivity contribution in [2.75, 3.05) is 13.3 Å². The summed E-state index contributed by atoms with van der Waals surface area (Å²) in [4.78, 5) is 12.6. The molecule has 0 aromatic heterocycles. The number of hydrogen-bond donors (Lipinski definition) is 1. The third kappa shape index (κ3) is 3.00. The largest absolute Gasteiger partial charge is 0.461 e. The van der Waals surface area contributed by atoms with E-state index in [4.69, 9.17) is 14.2 Å². The Hall–Kier alpha value is -2.01. The van der Waals surface area contributed by atoms with Gasteiger partial charge in [0.1, 0.15) is 6.10 Å². The molecule has 0 unspecified atom stereocenters. The summed E-state index contributed by atoms with van der Waals surface area (Å²) in [6.07, 6.45) is 7.20. The van der Waals surface area contributed by atoms with Gasteiger partial charge < -0.3 is 19.5 Å². The molecular formula is C23H29NO4. The molecule has 5 rings (SSSR count). The van der Waals surface area contributed by atoms with Gasteiger partial charge in [0.25, 0.3) is 0 Å². The number of ether oxygens (including phenoxy) is 3. The van der Waals surface area contributed by atoms with Crippen LogP contribution in [-0.4, -0.2) is 25.4 Å². The summed E-state index contributed by atoms with van der Waals surface area (Å²) >= 11 is 0. The summed E-state index contributed by atoms with van der Waals surface area (Å²) in [5, 5.41) is 3.46. The van der Waals surface area contributed by atoms with Gasteiger partial charge in [-0.05, 0) is 48.3 Å². The van der Waals surface area contributed by atoms with E-state index in [9.17, 15) is 4.79 Å². The van der Waals surface area contributed by atoms with Crippen LogP contribution in [0.25, 0.3) is 0 Å². The van der Waals surface area contributed by atoms with Crippen LogP contribution in [0.1, 0.15) is 45.1 Å². The zero-order valence-corrected chi connectivity index (χ0v) is 16.7. The maximum atomic E-state index is 12.6. The number of fused-ring (bicyclic) bond motifs is 3. The van der Waals surface area contributed by atoms with Crippen molar-refractivity contribution in [3.8, 4) is 11.5 Å². The standard InChI is InChI=1S/C23H29NO4/c1-14-4-3-7-23(2)10-21-16(9-18(14)23)17(22(25)28-21)12-24-11-15-5-6-19-20(8-15)27-13-26-19/h5-6,8-9,14,16-17,21,24H,3-4,7,10-13H2,1-2H3/t14-,16+,17-,21+,23+/m0/s1. The Morgan fingerprint density at radius 1 is 1.25 bits per heavy atom. The Balaban J connectivity index is 1.27. The first-order valence-corrected chi connectivity index (χ1v) is 10.6. The van der Waals surface area contributed by atoms with Gasteiger partial charge in [0.15, 0.2) is 11.5 Å². The molecule has 5 atom stereocenters. The second kappa shape index (κ2) is 6.80. The number of rotatable bonds is 4. The third-order valence-electron chi connectivity index (χ3n) is 7.21. The van der Waals surface area contributed by atoms with E-state index in [1.165, 1.54) is 19.3 Å². The van der Waals surface area contributed by atoms with Crippen LogP contribution in [0.4, 0.5) is 0 Å². The van der Waals surface area contributed by atoms with E-state index in [1.54, 1.807) is 5.57 Å². The highest BCUT2D eigenvalue weighted by atomic mass is 16.7. The summed E-state index contributed by atoms with van der Waals surface area (Å²) < 4.78 is 16.6. The number of nitrogens with one attached hydrogen (secondary N) is 1. The van der Waals surface area contributed by atoms with Crippen molar-refractivity contribution < 1.29 is 19.0 Å². The minimum absolute atomic E-state index is 0.0417. The molecule has 5 heteroatoms.